The predicted molar refractivity (Wildman–Crippen MR) is 124 cm³/mol. The van der Waals surface area contributed by atoms with E-state index in [1.165, 1.54) is 18.2 Å². The molecule has 0 saturated heterocycles. The SMILES string of the molecule is CN=C(NC)Nc1cccc(C(=O)NCC(=O)NC(CC(=O)O)c2cc(Cl)cc(Cl)c2)c1. The zero-order valence-electron chi connectivity index (χ0n) is 17.4. The van der Waals surface area contributed by atoms with E-state index in [4.69, 9.17) is 23.2 Å². The van der Waals surface area contributed by atoms with E-state index < -0.39 is 23.8 Å². The van der Waals surface area contributed by atoms with Crippen LogP contribution in [0.2, 0.25) is 10.0 Å². The first-order valence-corrected chi connectivity index (χ1v) is 10.2. The Labute approximate surface area is 195 Å². The molecule has 2 rings (SSSR count). The average Bonchev–Trinajstić information content (AvgIpc) is 2.74. The highest BCUT2D eigenvalue weighted by atomic mass is 35.5. The fourth-order valence-corrected chi connectivity index (χ4v) is 3.36. The normalized spacial score (nSPS) is 11.9. The standard InChI is InChI=1S/C21H23Cl2N5O4/c1-24-21(25-2)27-16-5-3-4-12(8-16)20(32)26-11-18(29)28-17(10-19(30)31)13-6-14(22)9-15(23)7-13/h3-9,17H,10-11H2,1-2H3,(H,26,32)(H,28,29)(H,30,31)(H2,24,25,27). The second-order valence-electron chi connectivity index (χ2n) is 6.63. The number of guanidine groups is 1. The Morgan fingerprint density at radius 2 is 1.78 bits per heavy atom. The number of carbonyl (C=O) groups is 3. The number of anilines is 1. The minimum absolute atomic E-state index is 0.313. The van der Waals surface area contributed by atoms with Crippen LogP contribution in [-0.4, -0.2) is 49.5 Å². The molecule has 2 amide bonds. The Morgan fingerprint density at radius 3 is 2.38 bits per heavy atom. The van der Waals surface area contributed by atoms with Crippen LogP contribution in [0.3, 0.4) is 0 Å². The monoisotopic (exact) mass is 479 g/mol. The molecule has 1 unspecified atom stereocenters. The molecule has 0 heterocycles. The third-order valence-electron chi connectivity index (χ3n) is 4.26. The van der Waals surface area contributed by atoms with Crippen molar-refractivity contribution in [1.82, 2.24) is 16.0 Å². The van der Waals surface area contributed by atoms with Gasteiger partial charge in [0.1, 0.15) is 0 Å². The van der Waals surface area contributed by atoms with Gasteiger partial charge in [0.25, 0.3) is 5.91 Å². The van der Waals surface area contributed by atoms with Crippen molar-refractivity contribution >= 4 is 52.6 Å². The first kappa shape index (κ1) is 25.0. The molecule has 0 aliphatic rings. The number of hydrogen-bond acceptors (Lipinski definition) is 4. The highest BCUT2D eigenvalue weighted by Gasteiger charge is 2.20. The van der Waals surface area contributed by atoms with Gasteiger partial charge >= 0.3 is 5.97 Å². The smallest absolute Gasteiger partial charge is 0.305 e. The van der Waals surface area contributed by atoms with E-state index in [9.17, 15) is 19.5 Å². The van der Waals surface area contributed by atoms with Gasteiger partial charge in [-0.25, -0.2) is 0 Å². The number of carboxylic acid groups (broad SMARTS) is 1. The quantitative estimate of drug-likeness (QED) is 0.292. The van der Waals surface area contributed by atoms with E-state index >= 15 is 0 Å². The summed E-state index contributed by atoms with van der Waals surface area (Å²) < 4.78 is 0. The zero-order valence-corrected chi connectivity index (χ0v) is 18.9. The van der Waals surface area contributed by atoms with Crippen LogP contribution in [0.25, 0.3) is 0 Å². The lowest BCUT2D eigenvalue weighted by Crippen LogP contribution is -2.39. The molecular formula is C21H23Cl2N5O4. The minimum Gasteiger partial charge on any atom is -0.481 e. The topological polar surface area (TPSA) is 132 Å². The molecule has 32 heavy (non-hydrogen) atoms. The van der Waals surface area contributed by atoms with Gasteiger partial charge in [-0.15, -0.1) is 0 Å². The summed E-state index contributed by atoms with van der Waals surface area (Å²) in [6, 6.07) is 10.3. The van der Waals surface area contributed by atoms with Crippen LogP contribution in [-0.2, 0) is 9.59 Å². The Hall–Kier alpha value is -3.30. The van der Waals surface area contributed by atoms with Crippen LogP contribution in [0.4, 0.5) is 5.69 Å². The summed E-state index contributed by atoms with van der Waals surface area (Å²) >= 11 is 12.0. The largest absolute Gasteiger partial charge is 0.481 e. The summed E-state index contributed by atoms with van der Waals surface area (Å²) in [6.07, 6.45) is -0.378. The van der Waals surface area contributed by atoms with Gasteiger partial charge in [0.2, 0.25) is 5.91 Å². The van der Waals surface area contributed by atoms with Crippen molar-refractivity contribution in [2.45, 2.75) is 12.5 Å². The van der Waals surface area contributed by atoms with E-state index in [-0.39, 0.29) is 13.0 Å². The summed E-state index contributed by atoms with van der Waals surface area (Å²) in [5.74, 6) is -1.63. The predicted octanol–water partition coefficient (Wildman–Crippen LogP) is 2.67. The minimum atomic E-state index is -1.11. The number of rotatable bonds is 8. The van der Waals surface area contributed by atoms with E-state index in [1.54, 1.807) is 38.4 Å². The number of carbonyl (C=O) groups excluding carboxylic acids is 2. The second-order valence-corrected chi connectivity index (χ2v) is 7.50. The van der Waals surface area contributed by atoms with Crippen molar-refractivity contribution in [3.05, 3.63) is 63.6 Å². The first-order chi connectivity index (χ1) is 15.2. The van der Waals surface area contributed by atoms with Crippen molar-refractivity contribution < 1.29 is 19.5 Å². The molecule has 0 aromatic heterocycles. The van der Waals surface area contributed by atoms with Crippen LogP contribution in [0.5, 0.6) is 0 Å². The summed E-state index contributed by atoms with van der Waals surface area (Å²) in [7, 11) is 3.32. The molecule has 0 aliphatic heterocycles. The van der Waals surface area contributed by atoms with Gasteiger partial charge in [-0.2, -0.15) is 0 Å². The molecule has 11 heteroatoms. The second kappa shape index (κ2) is 11.9. The fourth-order valence-electron chi connectivity index (χ4n) is 2.82. The van der Waals surface area contributed by atoms with E-state index in [2.05, 4.69) is 26.3 Å². The number of hydrogen-bond donors (Lipinski definition) is 5. The lowest BCUT2D eigenvalue weighted by Gasteiger charge is -2.18. The highest BCUT2D eigenvalue weighted by Crippen LogP contribution is 2.25. The highest BCUT2D eigenvalue weighted by molar-refractivity contribution is 6.34. The number of carboxylic acids is 1. The van der Waals surface area contributed by atoms with Crippen molar-refractivity contribution in [3.63, 3.8) is 0 Å². The number of aliphatic carboxylic acids is 1. The summed E-state index contributed by atoms with van der Waals surface area (Å²) in [5, 5.41) is 20.8. The van der Waals surface area contributed by atoms with E-state index in [0.717, 1.165) is 0 Å². The molecule has 170 valence electrons. The molecular weight excluding hydrogens is 457 g/mol. The average molecular weight is 480 g/mol. The summed E-state index contributed by atoms with van der Waals surface area (Å²) in [6.45, 7) is -0.348. The lowest BCUT2D eigenvalue weighted by atomic mass is 10.0. The van der Waals surface area contributed by atoms with Gasteiger partial charge in [-0.3, -0.25) is 19.4 Å². The maximum absolute atomic E-state index is 12.5. The number of halogens is 2. The van der Waals surface area contributed by atoms with Crippen molar-refractivity contribution in [1.29, 1.82) is 0 Å². The van der Waals surface area contributed by atoms with Gasteiger partial charge in [0.05, 0.1) is 19.0 Å². The number of benzene rings is 2. The molecule has 0 aliphatic carbocycles. The fraction of sp³-hybridized carbons (Fsp3) is 0.238. The van der Waals surface area contributed by atoms with E-state index in [1.807, 2.05) is 0 Å². The molecule has 0 radical (unpaired) electrons. The van der Waals surface area contributed by atoms with Gasteiger partial charge in [0, 0.05) is 35.4 Å². The van der Waals surface area contributed by atoms with Crippen LogP contribution < -0.4 is 21.3 Å². The molecule has 9 nitrogen and oxygen atoms in total. The van der Waals surface area contributed by atoms with E-state index in [0.29, 0.717) is 32.8 Å². The number of nitrogens with one attached hydrogen (secondary N) is 4. The zero-order chi connectivity index (χ0) is 23.7. The van der Waals surface area contributed by atoms with Crippen LogP contribution in [0, 0.1) is 0 Å². The van der Waals surface area contributed by atoms with Crippen molar-refractivity contribution in [3.8, 4) is 0 Å². The summed E-state index contributed by atoms with van der Waals surface area (Å²) in [5.41, 5.74) is 1.41. The number of nitrogens with zero attached hydrogens (tertiary/aromatic N) is 1. The molecule has 5 N–H and O–H groups in total. The van der Waals surface area contributed by atoms with Gasteiger partial charge < -0.3 is 26.4 Å². The molecule has 0 saturated carbocycles. The molecule has 0 fully saturated rings. The number of aliphatic imine (C=N–C) groups is 1. The van der Waals surface area contributed by atoms with Gasteiger partial charge in [-0.1, -0.05) is 29.3 Å². The Kier molecular flexibility index (Phi) is 9.30. The third kappa shape index (κ3) is 7.75. The van der Waals surface area contributed by atoms with Crippen molar-refractivity contribution in [2.24, 2.45) is 4.99 Å². The Balaban J connectivity index is 2.02. The third-order valence-corrected chi connectivity index (χ3v) is 4.70. The first-order valence-electron chi connectivity index (χ1n) is 9.48. The van der Waals surface area contributed by atoms with Gasteiger partial charge in [-0.05, 0) is 42.0 Å². The molecule has 1 atom stereocenters. The molecule has 2 aromatic rings. The Morgan fingerprint density at radius 1 is 1.09 bits per heavy atom. The van der Waals surface area contributed by atoms with Crippen LogP contribution >= 0.6 is 23.2 Å². The maximum Gasteiger partial charge on any atom is 0.305 e. The number of amides is 2. The van der Waals surface area contributed by atoms with Crippen LogP contribution in [0.15, 0.2) is 47.5 Å². The van der Waals surface area contributed by atoms with Crippen molar-refractivity contribution in [2.75, 3.05) is 26.0 Å². The molecule has 0 bridgehead atoms. The van der Waals surface area contributed by atoms with Crippen LogP contribution in [0.1, 0.15) is 28.4 Å². The molecule has 0 spiro atoms. The lowest BCUT2D eigenvalue weighted by molar-refractivity contribution is -0.137. The molecule has 2 aromatic carbocycles. The maximum atomic E-state index is 12.5. The van der Waals surface area contributed by atoms with Gasteiger partial charge in [0.15, 0.2) is 5.96 Å². The Bertz CT molecular complexity index is 1010. The summed E-state index contributed by atoms with van der Waals surface area (Å²) in [4.78, 5) is 40.1.